The Balaban J connectivity index is 0.00000280. The van der Waals surface area contributed by atoms with Crippen LogP contribution in [0.2, 0.25) is 0 Å². The minimum atomic E-state index is -3.45. The van der Waals surface area contributed by atoms with Gasteiger partial charge in [-0.05, 0) is 63.8 Å². The Morgan fingerprint density at radius 2 is 2.04 bits per heavy atom. The molecule has 1 saturated carbocycles. The van der Waals surface area contributed by atoms with Crippen LogP contribution in [0.1, 0.15) is 52.0 Å². The first-order chi connectivity index (χ1) is 12.6. The largest absolute Gasteiger partial charge is 0.326 e. The summed E-state index contributed by atoms with van der Waals surface area (Å²) in [6, 6.07) is 7.15. The molecule has 2 atom stereocenters. The van der Waals surface area contributed by atoms with Crippen molar-refractivity contribution in [2.75, 3.05) is 18.4 Å². The average Bonchev–Trinajstić information content (AvgIpc) is 2.97. The Hall–Kier alpha value is -1.15. The summed E-state index contributed by atoms with van der Waals surface area (Å²) in [6.45, 7) is 7.08. The standard InChI is InChI=1S/C20H31N3O3S.ClH/c1-19(2,3)23-27(25,26)13-15-7-6-9-17(11-15)22-18(24)20-10-5-4-8-16(20)12-21-14-20;/h6-7,9,11,16,21,23H,4-5,8,10,12-14H2,1-3H3,(H,22,24);1H/t16-,20+;/m0./s1. The number of carbonyl (C=O) groups is 1. The Labute approximate surface area is 174 Å². The average molecular weight is 430 g/mol. The Morgan fingerprint density at radius 1 is 1.29 bits per heavy atom. The molecule has 2 fully saturated rings. The van der Waals surface area contributed by atoms with Gasteiger partial charge in [0.05, 0.1) is 11.2 Å². The molecule has 0 radical (unpaired) electrons. The summed E-state index contributed by atoms with van der Waals surface area (Å²) in [5.74, 6) is 0.347. The molecule has 1 saturated heterocycles. The van der Waals surface area contributed by atoms with E-state index in [9.17, 15) is 13.2 Å². The molecule has 1 heterocycles. The van der Waals surface area contributed by atoms with Gasteiger partial charge in [0.25, 0.3) is 0 Å². The first-order valence-electron chi connectivity index (χ1n) is 9.72. The highest BCUT2D eigenvalue weighted by Crippen LogP contribution is 2.44. The van der Waals surface area contributed by atoms with E-state index in [-0.39, 0.29) is 29.5 Å². The van der Waals surface area contributed by atoms with Gasteiger partial charge in [0.1, 0.15) is 0 Å². The number of amides is 1. The van der Waals surface area contributed by atoms with Crippen molar-refractivity contribution >= 4 is 34.0 Å². The molecule has 1 aromatic rings. The van der Waals surface area contributed by atoms with E-state index in [1.54, 1.807) is 18.2 Å². The van der Waals surface area contributed by atoms with Crippen molar-refractivity contribution in [3.63, 3.8) is 0 Å². The van der Waals surface area contributed by atoms with Crippen molar-refractivity contribution in [2.45, 2.75) is 57.7 Å². The minimum absolute atomic E-state index is 0. The molecule has 2 aliphatic rings. The summed E-state index contributed by atoms with van der Waals surface area (Å²) in [5, 5.41) is 6.44. The maximum Gasteiger partial charge on any atom is 0.232 e. The normalized spacial score (nSPS) is 24.9. The second kappa shape index (κ2) is 8.69. The number of halogens is 1. The molecule has 0 unspecified atom stereocenters. The molecule has 28 heavy (non-hydrogen) atoms. The number of sulfonamides is 1. The quantitative estimate of drug-likeness (QED) is 0.671. The van der Waals surface area contributed by atoms with Gasteiger partial charge < -0.3 is 10.6 Å². The highest BCUT2D eigenvalue weighted by Gasteiger charge is 2.49. The van der Waals surface area contributed by atoms with Crippen LogP contribution in [0, 0.1) is 11.3 Å². The van der Waals surface area contributed by atoms with E-state index in [4.69, 9.17) is 0 Å². The number of carbonyl (C=O) groups excluding carboxylic acids is 1. The van der Waals surface area contributed by atoms with Crippen LogP contribution in [-0.4, -0.2) is 33.0 Å². The Morgan fingerprint density at radius 3 is 2.75 bits per heavy atom. The van der Waals surface area contributed by atoms with Gasteiger partial charge in [-0.3, -0.25) is 4.79 Å². The predicted molar refractivity (Wildman–Crippen MR) is 115 cm³/mol. The van der Waals surface area contributed by atoms with Crippen LogP contribution in [0.3, 0.4) is 0 Å². The molecule has 1 aliphatic heterocycles. The van der Waals surface area contributed by atoms with E-state index >= 15 is 0 Å². The monoisotopic (exact) mass is 429 g/mol. The van der Waals surface area contributed by atoms with Crippen molar-refractivity contribution in [1.82, 2.24) is 10.0 Å². The van der Waals surface area contributed by atoms with Crippen molar-refractivity contribution < 1.29 is 13.2 Å². The molecule has 158 valence electrons. The number of benzene rings is 1. The van der Waals surface area contributed by atoms with Crippen LogP contribution >= 0.6 is 12.4 Å². The molecular formula is C20H32ClN3O3S. The highest BCUT2D eigenvalue weighted by molar-refractivity contribution is 7.88. The van der Waals surface area contributed by atoms with Gasteiger partial charge in [0, 0.05) is 17.8 Å². The molecule has 0 bridgehead atoms. The molecule has 1 aliphatic carbocycles. The highest BCUT2D eigenvalue weighted by atomic mass is 35.5. The topological polar surface area (TPSA) is 87.3 Å². The molecule has 1 aromatic carbocycles. The molecule has 0 spiro atoms. The summed E-state index contributed by atoms with van der Waals surface area (Å²) in [5.41, 5.74) is 0.476. The van der Waals surface area contributed by atoms with Crippen molar-refractivity contribution in [1.29, 1.82) is 0 Å². The SMILES string of the molecule is CC(C)(C)NS(=O)(=O)Cc1cccc(NC(=O)[C@@]23CCCC[C@H]2CNC3)c1.Cl. The van der Waals surface area contributed by atoms with Gasteiger partial charge in [0.2, 0.25) is 15.9 Å². The molecular weight excluding hydrogens is 398 g/mol. The minimum Gasteiger partial charge on any atom is -0.326 e. The van der Waals surface area contributed by atoms with E-state index in [0.717, 1.165) is 32.4 Å². The lowest BCUT2D eigenvalue weighted by atomic mass is 9.67. The van der Waals surface area contributed by atoms with Gasteiger partial charge in [-0.1, -0.05) is 25.0 Å². The number of fused-ring (bicyclic) bond motifs is 1. The lowest BCUT2D eigenvalue weighted by Crippen LogP contribution is -2.44. The lowest BCUT2D eigenvalue weighted by Gasteiger charge is -2.37. The van der Waals surface area contributed by atoms with Crippen molar-refractivity contribution in [2.24, 2.45) is 11.3 Å². The summed E-state index contributed by atoms with van der Waals surface area (Å²) >= 11 is 0. The van der Waals surface area contributed by atoms with Crippen LogP contribution in [0.25, 0.3) is 0 Å². The third-order valence-corrected chi connectivity index (χ3v) is 7.13. The van der Waals surface area contributed by atoms with Crippen LogP contribution < -0.4 is 15.4 Å². The molecule has 1 amide bonds. The number of hydrogen-bond acceptors (Lipinski definition) is 4. The second-order valence-electron chi connectivity index (χ2n) is 9.00. The van der Waals surface area contributed by atoms with E-state index in [0.29, 0.717) is 17.2 Å². The summed E-state index contributed by atoms with van der Waals surface area (Å²) < 4.78 is 27.3. The Kier molecular flexibility index (Phi) is 7.18. The summed E-state index contributed by atoms with van der Waals surface area (Å²) in [6.07, 6.45) is 4.29. The summed E-state index contributed by atoms with van der Waals surface area (Å²) in [4.78, 5) is 13.1. The van der Waals surface area contributed by atoms with E-state index in [1.807, 2.05) is 26.8 Å². The fourth-order valence-electron chi connectivity index (χ4n) is 4.41. The maximum atomic E-state index is 13.1. The first kappa shape index (κ1) is 23.1. The van der Waals surface area contributed by atoms with Crippen LogP contribution in [0.5, 0.6) is 0 Å². The first-order valence-corrected chi connectivity index (χ1v) is 11.4. The maximum absolute atomic E-state index is 13.1. The van der Waals surface area contributed by atoms with Crippen LogP contribution in [0.15, 0.2) is 24.3 Å². The predicted octanol–water partition coefficient (Wildman–Crippen LogP) is 3.04. The lowest BCUT2D eigenvalue weighted by molar-refractivity contribution is -0.128. The molecule has 0 aromatic heterocycles. The van der Waals surface area contributed by atoms with Crippen molar-refractivity contribution in [3.05, 3.63) is 29.8 Å². The zero-order chi connectivity index (χ0) is 19.7. The number of rotatable bonds is 5. The van der Waals surface area contributed by atoms with Gasteiger partial charge in [-0.25, -0.2) is 13.1 Å². The smallest absolute Gasteiger partial charge is 0.232 e. The third kappa shape index (κ3) is 5.47. The van der Waals surface area contributed by atoms with Gasteiger partial charge in [-0.2, -0.15) is 0 Å². The van der Waals surface area contributed by atoms with Crippen LogP contribution in [0.4, 0.5) is 5.69 Å². The van der Waals surface area contributed by atoms with E-state index < -0.39 is 15.6 Å². The number of nitrogens with one attached hydrogen (secondary N) is 3. The molecule has 3 N–H and O–H groups in total. The zero-order valence-electron chi connectivity index (χ0n) is 16.9. The fraction of sp³-hybridized carbons (Fsp3) is 0.650. The molecule has 6 nitrogen and oxygen atoms in total. The third-order valence-electron chi connectivity index (χ3n) is 5.49. The second-order valence-corrected chi connectivity index (χ2v) is 10.7. The summed E-state index contributed by atoms with van der Waals surface area (Å²) in [7, 11) is -3.45. The van der Waals surface area contributed by atoms with E-state index in [1.165, 1.54) is 6.42 Å². The van der Waals surface area contributed by atoms with Crippen molar-refractivity contribution in [3.8, 4) is 0 Å². The van der Waals surface area contributed by atoms with Gasteiger partial charge >= 0.3 is 0 Å². The molecule has 8 heteroatoms. The van der Waals surface area contributed by atoms with Gasteiger partial charge in [0.15, 0.2) is 0 Å². The molecule has 3 rings (SSSR count). The zero-order valence-corrected chi connectivity index (χ0v) is 18.5. The van der Waals surface area contributed by atoms with E-state index in [2.05, 4.69) is 15.4 Å². The number of hydrogen-bond donors (Lipinski definition) is 3. The Bertz CT molecular complexity index is 807. The van der Waals surface area contributed by atoms with Gasteiger partial charge in [-0.15, -0.1) is 12.4 Å². The number of anilines is 1. The van der Waals surface area contributed by atoms with Crippen LogP contribution in [-0.2, 0) is 20.6 Å². The fourth-order valence-corrected chi connectivity index (χ4v) is 6.03.